The number of likely N-dealkylation sites (tertiary alicyclic amines) is 1. The van der Waals surface area contributed by atoms with Crippen LogP contribution in [0.4, 0.5) is 11.5 Å². The van der Waals surface area contributed by atoms with Crippen LogP contribution in [-0.2, 0) is 23.3 Å². The first kappa shape index (κ1) is 42.2. The highest BCUT2D eigenvalue weighted by Crippen LogP contribution is 2.49. The molecule has 5 aromatic carbocycles. The second-order valence-corrected chi connectivity index (χ2v) is 17.9. The summed E-state index contributed by atoms with van der Waals surface area (Å²) in [5.74, 6) is 3.72. The predicted molar refractivity (Wildman–Crippen MR) is 257 cm³/mol. The molecule has 0 radical (unpaired) electrons. The highest BCUT2D eigenvalue weighted by Gasteiger charge is 2.57. The number of carbonyl (C=O) groups is 1. The van der Waals surface area contributed by atoms with Crippen LogP contribution < -0.4 is 14.5 Å². The number of amides is 1. The fourth-order valence-corrected chi connectivity index (χ4v) is 11.0. The molecule has 6 aromatic rings. The first-order chi connectivity index (χ1) is 32.0. The molecule has 328 valence electrons. The molecule has 4 aliphatic rings. The number of benzene rings is 5. The second kappa shape index (κ2) is 18.4. The number of hydrogen-bond acceptors (Lipinski definition) is 9. The minimum Gasteiger partial charge on any atom is -0.462 e. The van der Waals surface area contributed by atoms with Gasteiger partial charge in [-0.15, -0.1) is 12.3 Å². The predicted octanol–water partition coefficient (Wildman–Crippen LogP) is 7.97. The zero-order valence-corrected chi connectivity index (χ0v) is 37.2. The van der Waals surface area contributed by atoms with Gasteiger partial charge < -0.3 is 19.4 Å². The zero-order chi connectivity index (χ0) is 44.3. The maximum atomic E-state index is 15.0. The number of rotatable bonds is 13. The van der Waals surface area contributed by atoms with Crippen LogP contribution >= 0.6 is 0 Å². The Kier molecular flexibility index (Phi) is 12.0. The van der Waals surface area contributed by atoms with Crippen LogP contribution in [0.3, 0.4) is 0 Å². The van der Waals surface area contributed by atoms with Gasteiger partial charge in [0.25, 0.3) is 0 Å². The molecule has 0 N–H and O–H groups in total. The van der Waals surface area contributed by atoms with E-state index in [9.17, 15) is 5.26 Å². The van der Waals surface area contributed by atoms with Crippen LogP contribution in [-0.4, -0.2) is 101 Å². The Labute approximate surface area is 383 Å². The van der Waals surface area contributed by atoms with Gasteiger partial charge in [-0.3, -0.25) is 14.6 Å². The molecule has 10 rings (SSSR count). The Bertz CT molecular complexity index is 2630. The van der Waals surface area contributed by atoms with Gasteiger partial charge in [0.15, 0.2) is 0 Å². The van der Waals surface area contributed by atoms with E-state index in [4.69, 9.17) is 21.1 Å². The first-order valence-corrected chi connectivity index (χ1v) is 23.3. The number of ether oxygens (including phenoxy) is 1. The van der Waals surface area contributed by atoms with Gasteiger partial charge >= 0.3 is 6.01 Å². The molecule has 10 nitrogen and oxygen atoms in total. The van der Waals surface area contributed by atoms with Gasteiger partial charge in [0.05, 0.1) is 36.3 Å². The van der Waals surface area contributed by atoms with E-state index in [0.717, 1.165) is 72.7 Å². The fraction of sp³-hybridized carbons (Fsp3) is 0.345. The Morgan fingerprint density at radius 1 is 0.800 bits per heavy atom. The van der Waals surface area contributed by atoms with E-state index in [1.807, 2.05) is 23.1 Å². The zero-order valence-electron chi connectivity index (χ0n) is 37.2. The van der Waals surface area contributed by atoms with E-state index in [0.29, 0.717) is 51.8 Å². The number of aryl methyl sites for hydroxylation is 1. The van der Waals surface area contributed by atoms with E-state index in [2.05, 4.69) is 148 Å². The van der Waals surface area contributed by atoms with Gasteiger partial charge in [0.1, 0.15) is 18.5 Å². The summed E-state index contributed by atoms with van der Waals surface area (Å²) >= 11 is 0. The summed E-state index contributed by atoms with van der Waals surface area (Å²) in [6, 6.07) is 47.0. The molecular formula is C55H56N8O2. The molecule has 1 unspecified atom stereocenters. The Morgan fingerprint density at radius 3 is 2.17 bits per heavy atom. The molecule has 1 amide bonds. The molecule has 3 fully saturated rings. The van der Waals surface area contributed by atoms with Gasteiger partial charge in [-0.1, -0.05) is 121 Å². The number of nitrogens with zero attached hydrogens (tertiary/aromatic N) is 8. The first-order valence-electron chi connectivity index (χ1n) is 23.3. The minimum atomic E-state index is -0.678. The van der Waals surface area contributed by atoms with Crippen molar-refractivity contribution < 1.29 is 9.53 Å². The molecule has 0 saturated carbocycles. The SMILES string of the molecule is C#CCCN1CCC[C@H]1COc1nc2c(c(N3CCN(C(=O)[C@H]4CN4C(c4ccccc4)(c4ccccc4)c4ccccc4)[C@@H](CC#N)C3)n1)CCN(c1cccc3cccc(C)c13)C2. The maximum absolute atomic E-state index is 15.0. The number of nitriles is 1. The topological polar surface area (TPSA) is 91.8 Å². The quantitative estimate of drug-likeness (QED) is 0.0652. The number of terminal acetylenes is 1. The molecule has 0 aliphatic carbocycles. The number of piperazine rings is 1. The standard InChI is InChI=1S/C55H56N8O2/c1-3-4-31-59-32-16-26-46(59)39-65-54-57-48-37-60(49-27-15-19-41-18-14-17-40(2)51(41)49)33-29-47(48)52(58-54)61-34-35-62(45(36-61)28-30-56)53(64)50-38-63(50)55(42-20-8-5-9-21-42,43-22-10-6-11-23-43)44-24-12-7-13-25-44/h1,5-15,17-25,27,45-46,50H,4,16,26,28-29,31-39H2,2H3/t45-,46-,50+,63?/m0/s1. The second-order valence-electron chi connectivity index (χ2n) is 17.9. The highest BCUT2D eigenvalue weighted by atomic mass is 16.5. The van der Waals surface area contributed by atoms with Gasteiger partial charge in [-0.25, -0.2) is 0 Å². The van der Waals surface area contributed by atoms with Gasteiger partial charge in [-0.2, -0.15) is 15.2 Å². The summed E-state index contributed by atoms with van der Waals surface area (Å²) in [7, 11) is 0. The van der Waals surface area contributed by atoms with Crippen LogP contribution in [0, 0.1) is 30.6 Å². The fourth-order valence-electron chi connectivity index (χ4n) is 11.0. The summed E-state index contributed by atoms with van der Waals surface area (Å²) in [5, 5.41) is 12.8. The number of hydrogen-bond donors (Lipinski definition) is 0. The summed E-state index contributed by atoms with van der Waals surface area (Å²) in [5.41, 5.74) is 7.18. The van der Waals surface area contributed by atoms with Crippen molar-refractivity contribution in [3.63, 3.8) is 0 Å². The molecule has 4 aliphatic heterocycles. The third-order valence-electron chi connectivity index (χ3n) is 14.2. The highest BCUT2D eigenvalue weighted by molar-refractivity contribution is 5.97. The monoisotopic (exact) mass is 860 g/mol. The molecule has 10 heteroatoms. The Morgan fingerprint density at radius 2 is 1.49 bits per heavy atom. The van der Waals surface area contributed by atoms with Crippen molar-refractivity contribution in [2.45, 2.75) is 69.2 Å². The van der Waals surface area contributed by atoms with Crippen molar-refractivity contribution in [2.24, 2.45) is 0 Å². The van der Waals surface area contributed by atoms with E-state index in [1.54, 1.807) is 0 Å². The van der Waals surface area contributed by atoms with Crippen molar-refractivity contribution in [3.8, 4) is 24.4 Å². The number of carbonyl (C=O) groups excluding carboxylic acids is 1. The molecule has 0 bridgehead atoms. The van der Waals surface area contributed by atoms with Gasteiger partial charge in [-0.05, 0) is 66.4 Å². The molecule has 4 atom stereocenters. The van der Waals surface area contributed by atoms with Crippen LogP contribution in [0.2, 0.25) is 0 Å². The molecule has 5 heterocycles. The lowest BCUT2D eigenvalue weighted by Crippen LogP contribution is -2.57. The molecule has 1 aromatic heterocycles. The normalized spacial score (nSPS) is 20.8. The summed E-state index contributed by atoms with van der Waals surface area (Å²) < 4.78 is 6.57. The van der Waals surface area contributed by atoms with Crippen molar-refractivity contribution in [2.75, 3.05) is 62.2 Å². The number of fused-ring (bicyclic) bond motifs is 2. The lowest BCUT2D eigenvalue weighted by Gasteiger charge is -2.43. The van der Waals surface area contributed by atoms with E-state index < -0.39 is 5.54 Å². The number of anilines is 2. The van der Waals surface area contributed by atoms with E-state index in [-0.39, 0.29) is 30.5 Å². The van der Waals surface area contributed by atoms with Crippen molar-refractivity contribution in [3.05, 3.63) is 161 Å². The van der Waals surface area contributed by atoms with E-state index >= 15 is 4.79 Å². The average molecular weight is 861 g/mol. The van der Waals surface area contributed by atoms with Crippen LogP contribution in [0.5, 0.6) is 6.01 Å². The third kappa shape index (κ3) is 8.07. The largest absolute Gasteiger partial charge is 0.462 e. The molecule has 65 heavy (non-hydrogen) atoms. The molecule has 0 spiro atoms. The number of aromatic nitrogens is 2. The van der Waals surface area contributed by atoms with Crippen molar-refractivity contribution in [1.29, 1.82) is 5.26 Å². The molecular weight excluding hydrogens is 805 g/mol. The summed E-state index contributed by atoms with van der Waals surface area (Å²) in [4.78, 5) is 36.9. The molecule has 3 saturated heterocycles. The minimum absolute atomic E-state index is 0.0674. The lowest BCUT2D eigenvalue weighted by atomic mass is 9.76. The van der Waals surface area contributed by atoms with Gasteiger partial charge in [0.2, 0.25) is 5.91 Å². The van der Waals surface area contributed by atoms with Crippen LogP contribution in [0.25, 0.3) is 10.8 Å². The van der Waals surface area contributed by atoms with Crippen molar-refractivity contribution >= 4 is 28.2 Å². The van der Waals surface area contributed by atoms with Crippen LogP contribution in [0.1, 0.15) is 59.2 Å². The maximum Gasteiger partial charge on any atom is 0.318 e. The smallest absolute Gasteiger partial charge is 0.318 e. The van der Waals surface area contributed by atoms with E-state index in [1.165, 1.54) is 22.0 Å². The Hall–Kier alpha value is -6.72. The van der Waals surface area contributed by atoms with Crippen LogP contribution in [0.15, 0.2) is 127 Å². The summed E-state index contributed by atoms with van der Waals surface area (Å²) in [6.45, 7) is 8.13. The van der Waals surface area contributed by atoms with Crippen molar-refractivity contribution in [1.82, 2.24) is 24.7 Å². The lowest BCUT2D eigenvalue weighted by molar-refractivity contribution is -0.134. The Balaban J connectivity index is 0.948. The van der Waals surface area contributed by atoms with Gasteiger partial charge in [0, 0.05) is 68.4 Å². The average Bonchev–Trinajstić information content (AvgIpc) is 4.02. The third-order valence-corrected chi connectivity index (χ3v) is 14.2. The summed E-state index contributed by atoms with van der Waals surface area (Å²) in [6.07, 6.45) is 9.49.